The van der Waals surface area contributed by atoms with Crippen molar-refractivity contribution >= 4 is 20.6 Å². The summed E-state index contributed by atoms with van der Waals surface area (Å²) in [6.45, 7) is 0. The Hall–Kier alpha value is -0.331. The number of rotatable bonds is 0. The van der Waals surface area contributed by atoms with Gasteiger partial charge in [-0.3, -0.25) is 0 Å². The summed E-state index contributed by atoms with van der Waals surface area (Å²) in [4.78, 5) is 3.95. The van der Waals surface area contributed by atoms with Gasteiger partial charge >= 0.3 is 50.0 Å². The molecule has 7 heavy (non-hydrogen) atoms. The average Bonchev–Trinajstić information content (AvgIpc) is 1.69. The van der Waals surface area contributed by atoms with Crippen molar-refractivity contribution in [2.24, 2.45) is 0 Å². The van der Waals surface area contributed by atoms with E-state index in [1.807, 2.05) is 18.2 Å². The van der Waals surface area contributed by atoms with Crippen molar-refractivity contribution in [3.8, 4) is 0 Å². The SMILES string of the molecule is [SeH]c1ccccn1. The van der Waals surface area contributed by atoms with Crippen LogP contribution in [0.1, 0.15) is 0 Å². The van der Waals surface area contributed by atoms with Crippen LogP contribution >= 0.6 is 0 Å². The van der Waals surface area contributed by atoms with Crippen LogP contribution in [-0.4, -0.2) is 21.0 Å². The molecule has 0 bridgehead atoms. The van der Waals surface area contributed by atoms with Gasteiger partial charge in [0, 0.05) is 0 Å². The molecule has 1 heterocycles. The van der Waals surface area contributed by atoms with E-state index in [2.05, 4.69) is 21.0 Å². The number of nitrogens with zero attached hydrogens (tertiary/aromatic N) is 1. The van der Waals surface area contributed by atoms with Gasteiger partial charge in [0.15, 0.2) is 0 Å². The second-order valence-electron chi connectivity index (χ2n) is 1.19. The molecule has 1 nitrogen and oxygen atoms in total. The molecule has 0 aliphatic rings. The minimum atomic E-state index is 1.01. The topological polar surface area (TPSA) is 12.9 Å². The molecule has 36 valence electrons. The Bertz CT molecular complexity index is 138. The van der Waals surface area contributed by atoms with Crippen LogP contribution in [0.2, 0.25) is 0 Å². The number of aromatic nitrogens is 1. The van der Waals surface area contributed by atoms with Gasteiger partial charge in [0.25, 0.3) is 0 Å². The van der Waals surface area contributed by atoms with Gasteiger partial charge < -0.3 is 0 Å². The van der Waals surface area contributed by atoms with E-state index in [1.165, 1.54) is 0 Å². The predicted octanol–water partition coefficient (Wildman–Crippen LogP) is -0.392. The maximum absolute atomic E-state index is 3.95. The Balaban J connectivity index is 3.02. The molecule has 0 radical (unpaired) electrons. The molecule has 0 unspecified atom stereocenters. The van der Waals surface area contributed by atoms with Crippen molar-refractivity contribution in [3.63, 3.8) is 0 Å². The summed E-state index contributed by atoms with van der Waals surface area (Å²) in [5, 5.41) is 0. The fourth-order valence-corrected chi connectivity index (χ4v) is 0.674. The summed E-state index contributed by atoms with van der Waals surface area (Å²) >= 11 is 2.38. The van der Waals surface area contributed by atoms with Gasteiger partial charge in [-0.15, -0.1) is 0 Å². The van der Waals surface area contributed by atoms with Gasteiger partial charge in [-0.25, -0.2) is 0 Å². The van der Waals surface area contributed by atoms with Crippen LogP contribution in [-0.2, 0) is 0 Å². The third-order valence-corrected chi connectivity index (χ3v) is 1.20. The third kappa shape index (κ3) is 1.30. The van der Waals surface area contributed by atoms with Crippen LogP contribution in [0.4, 0.5) is 0 Å². The van der Waals surface area contributed by atoms with E-state index in [1.54, 1.807) is 6.20 Å². The van der Waals surface area contributed by atoms with Gasteiger partial charge in [-0.05, 0) is 0 Å². The molecule has 2 heteroatoms. The first kappa shape index (κ1) is 4.82. The van der Waals surface area contributed by atoms with Crippen molar-refractivity contribution < 1.29 is 0 Å². The molecule has 1 aromatic heterocycles. The average molecular weight is 158 g/mol. The molecule has 0 spiro atoms. The molecule has 0 saturated carbocycles. The summed E-state index contributed by atoms with van der Waals surface area (Å²) in [5.41, 5.74) is 0. The monoisotopic (exact) mass is 159 g/mol. The van der Waals surface area contributed by atoms with Gasteiger partial charge in [0.2, 0.25) is 0 Å². The number of hydrogen-bond acceptors (Lipinski definition) is 1. The van der Waals surface area contributed by atoms with Crippen molar-refractivity contribution in [3.05, 3.63) is 24.4 Å². The zero-order chi connectivity index (χ0) is 5.11. The van der Waals surface area contributed by atoms with Crippen molar-refractivity contribution in [1.82, 2.24) is 4.98 Å². The fourth-order valence-electron chi connectivity index (χ4n) is 0.354. The van der Waals surface area contributed by atoms with Gasteiger partial charge in [-0.2, -0.15) is 0 Å². The quantitative estimate of drug-likeness (QED) is 0.468. The second-order valence-corrected chi connectivity index (χ2v) is 2.15. The van der Waals surface area contributed by atoms with E-state index in [4.69, 9.17) is 0 Å². The van der Waals surface area contributed by atoms with Crippen LogP contribution in [0.25, 0.3) is 0 Å². The van der Waals surface area contributed by atoms with E-state index in [9.17, 15) is 0 Å². The van der Waals surface area contributed by atoms with E-state index in [0.29, 0.717) is 0 Å². The Kier molecular flexibility index (Phi) is 1.45. The predicted molar refractivity (Wildman–Crippen MR) is 31.0 cm³/mol. The van der Waals surface area contributed by atoms with Crippen LogP contribution in [0, 0.1) is 0 Å². The molecule has 0 N–H and O–H groups in total. The molecular weight excluding hydrogens is 153 g/mol. The second kappa shape index (κ2) is 2.10. The maximum atomic E-state index is 3.95. The molecule has 0 atom stereocenters. The summed E-state index contributed by atoms with van der Waals surface area (Å²) < 4.78 is 1.01. The molecule has 0 amide bonds. The fraction of sp³-hybridized carbons (Fsp3) is 0. The molecule has 0 aliphatic carbocycles. The number of hydrogen-bond donors (Lipinski definition) is 0. The number of pyridine rings is 1. The van der Waals surface area contributed by atoms with Crippen LogP contribution < -0.4 is 4.59 Å². The molecule has 1 aromatic rings. The zero-order valence-electron chi connectivity index (χ0n) is 3.70. The summed E-state index contributed by atoms with van der Waals surface area (Å²) in [6, 6.07) is 5.80. The van der Waals surface area contributed by atoms with Crippen LogP contribution in [0.15, 0.2) is 24.4 Å². The Morgan fingerprint density at radius 3 is 2.57 bits per heavy atom. The van der Waals surface area contributed by atoms with Crippen molar-refractivity contribution in [1.29, 1.82) is 0 Å². The van der Waals surface area contributed by atoms with Crippen LogP contribution in [0.5, 0.6) is 0 Å². The zero-order valence-corrected chi connectivity index (χ0v) is 5.58. The first-order valence-electron chi connectivity index (χ1n) is 1.99. The third-order valence-electron chi connectivity index (χ3n) is 0.649. The van der Waals surface area contributed by atoms with Crippen molar-refractivity contribution in [2.45, 2.75) is 0 Å². The Morgan fingerprint density at radius 2 is 2.29 bits per heavy atom. The molecule has 0 aliphatic heterocycles. The van der Waals surface area contributed by atoms with Crippen LogP contribution in [0.3, 0.4) is 0 Å². The van der Waals surface area contributed by atoms with Crippen molar-refractivity contribution in [2.75, 3.05) is 0 Å². The molecular formula is C5H5NSe. The first-order valence-corrected chi connectivity index (χ1v) is 2.93. The summed E-state index contributed by atoms with van der Waals surface area (Å²) in [6.07, 6.45) is 1.77. The molecule has 1 rings (SSSR count). The Labute approximate surface area is 50.6 Å². The summed E-state index contributed by atoms with van der Waals surface area (Å²) in [5.74, 6) is 0. The van der Waals surface area contributed by atoms with Gasteiger partial charge in [-0.1, -0.05) is 0 Å². The Morgan fingerprint density at radius 1 is 1.43 bits per heavy atom. The minimum absolute atomic E-state index is 1.01. The van der Waals surface area contributed by atoms with Gasteiger partial charge in [0.1, 0.15) is 0 Å². The normalized spacial score (nSPS) is 8.71. The molecule has 0 saturated heterocycles. The molecule has 0 aromatic carbocycles. The summed E-state index contributed by atoms with van der Waals surface area (Å²) in [7, 11) is 0. The standard InChI is InChI=1S/C5H5NSe/c7-5-3-1-2-4-6-5/h1-4H,(H,6,7). The van der Waals surface area contributed by atoms with E-state index < -0.39 is 0 Å². The first-order chi connectivity index (χ1) is 3.39. The van der Waals surface area contributed by atoms with E-state index in [0.717, 1.165) is 4.59 Å². The van der Waals surface area contributed by atoms with Gasteiger partial charge in [0.05, 0.1) is 0 Å². The van der Waals surface area contributed by atoms with E-state index in [-0.39, 0.29) is 0 Å². The molecule has 0 fully saturated rings. The van der Waals surface area contributed by atoms with E-state index >= 15 is 0 Å².